The first-order valence-corrected chi connectivity index (χ1v) is 4.66. The minimum atomic E-state index is -0.0303. The molecule has 0 atom stereocenters. The first-order valence-electron chi connectivity index (χ1n) is 4.28. The maximum absolute atomic E-state index is 11.5. The molecule has 0 saturated carbocycles. The number of aromatic nitrogens is 1. The number of pyridine rings is 1. The van der Waals surface area contributed by atoms with Crippen molar-refractivity contribution in [3.63, 3.8) is 0 Å². The van der Waals surface area contributed by atoms with Crippen molar-refractivity contribution >= 4 is 23.3 Å². The van der Waals surface area contributed by atoms with Gasteiger partial charge in [-0.05, 0) is 24.6 Å². The maximum Gasteiger partial charge on any atom is 0.252 e. The SMILES string of the molecule is CC1=CC(=O)N(c2cccc(Cl)n2)C1. The largest absolute Gasteiger partial charge is 0.289 e. The molecule has 0 radical (unpaired) electrons. The Balaban J connectivity index is 2.30. The molecule has 1 aliphatic rings. The highest BCUT2D eigenvalue weighted by Gasteiger charge is 2.21. The quantitative estimate of drug-likeness (QED) is 0.662. The van der Waals surface area contributed by atoms with Crippen molar-refractivity contribution < 1.29 is 4.79 Å². The Kier molecular flexibility index (Phi) is 2.25. The van der Waals surface area contributed by atoms with Crippen LogP contribution in [0.1, 0.15) is 6.92 Å². The van der Waals surface area contributed by atoms with Gasteiger partial charge in [0.25, 0.3) is 5.91 Å². The van der Waals surface area contributed by atoms with Crippen molar-refractivity contribution in [1.29, 1.82) is 0 Å². The number of halogens is 1. The minimum absolute atomic E-state index is 0.0303. The number of carbonyl (C=O) groups excluding carboxylic acids is 1. The third-order valence-electron chi connectivity index (χ3n) is 2.02. The monoisotopic (exact) mass is 208 g/mol. The molecule has 0 saturated heterocycles. The van der Waals surface area contributed by atoms with Crippen molar-refractivity contribution in [2.24, 2.45) is 0 Å². The second-order valence-electron chi connectivity index (χ2n) is 3.23. The van der Waals surface area contributed by atoms with Crippen LogP contribution in [0.25, 0.3) is 0 Å². The van der Waals surface area contributed by atoms with Gasteiger partial charge >= 0.3 is 0 Å². The molecule has 1 aromatic rings. The van der Waals surface area contributed by atoms with Gasteiger partial charge in [-0.1, -0.05) is 17.7 Å². The van der Waals surface area contributed by atoms with Crippen LogP contribution >= 0.6 is 11.6 Å². The highest BCUT2D eigenvalue weighted by atomic mass is 35.5. The van der Waals surface area contributed by atoms with E-state index in [-0.39, 0.29) is 5.91 Å². The molecule has 0 N–H and O–H groups in total. The van der Waals surface area contributed by atoms with E-state index in [0.717, 1.165) is 5.57 Å². The smallest absolute Gasteiger partial charge is 0.252 e. The summed E-state index contributed by atoms with van der Waals surface area (Å²) in [7, 11) is 0. The van der Waals surface area contributed by atoms with Gasteiger partial charge in [0, 0.05) is 12.6 Å². The summed E-state index contributed by atoms with van der Waals surface area (Å²) in [5, 5.41) is 0.403. The van der Waals surface area contributed by atoms with Crippen LogP contribution in [0.15, 0.2) is 29.8 Å². The van der Waals surface area contributed by atoms with Crippen LogP contribution in [0.2, 0.25) is 5.15 Å². The Labute approximate surface area is 87.0 Å². The third kappa shape index (κ3) is 1.63. The highest BCUT2D eigenvalue weighted by Crippen LogP contribution is 2.19. The van der Waals surface area contributed by atoms with Gasteiger partial charge in [-0.3, -0.25) is 9.69 Å². The summed E-state index contributed by atoms with van der Waals surface area (Å²) >= 11 is 5.74. The van der Waals surface area contributed by atoms with Crippen molar-refractivity contribution in [3.05, 3.63) is 35.0 Å². The highest BCUT2D eigenvalue weighted by molar-refractivity contribution is 6.29. The van der Waals surface area contributed by atoms with Gasteiger partial charge in [-0.15, -0.1) is 0 Å². The fraction of sp³-hybridized carbons (Fsp3) is 0.200. The van der Waals surface area contributed by atoms with Crippen LogP contribution in [0.3, 0.4) is 0 Å². The van der Waals surface area contributed by atoms with Crippen LogP contribution in [-0.4, -0.2) is 17.4 Å². The molecule has 0 bridgehead atoms. The van der Waals surface area contributed by atoms with Crippen molar-refractivity contribution in [1.82, 2.24) is 4.98 Å². The molecule has 0 unspecified atom stereocenters. The average Bonchev–Trinajstić information content (AvgIpc) is 2.45. The molecule has 2 rings (SSSR count). The molecule has 1 aliphatic heterocycles. The van der Waals surface area contributed by atoms with Crippen molar-refractivity contribution in [2.45, 2.75) is 6.92 Å². The summed E-state index contributed by atoms with van der Waals surface area (Å²) in [6.07, 6.45) is 1.61. The van der Waals surface area contributed by atoms with Gasteiger partial charge in [-0.2, -0.15) is 0 Å². The Morgan fingerprint density at radius 3 is 2.86 bits per heavy atom. The molecule has 4 heteroatoms. The molecule has 0 fully saturated rings. The average molecular weight is 209 g/mol. The lowest BCUT2D eigenvalue weighted by Crippen LogP contribution is -2.25. The number of carbonyl (C=O) groups is 1. The number of nitrogens with zero attached hydrogens (tertiary/aromatic N) is 2. The minimum Gasteiger partial charge on any atom is -0.289 e. The van der Waals surface area contributed by atoms with Gasteiger partial charge in [0.1, 0.15) is 11.0 Å². The second-order valence-corrected chi connectivity index (χ2v) is 3.62. The van der Waals surface area contributed by atoms with Crippen LogP contribution in [0.5, 0.6) is 0 Å². The summed E-state index contributed by atoms with van der Waals surface area (Å²) in [6.45, 7) is 2.52. The van der Waals surface area contributed by atoms with Crippen molar-refractivity contribution in [2.75, 3.05) is 11.4 Å². The number of hydrogen-bond donors (Lipinski definition) is 0. The molecule has 3 nitrogen and oxygen atoms in total. The van der Waals surface area contributed by atoms with E-state index in [4.69, 9.17) is 11.6 Å². The number of rotatable bonds is 1. The van der Waals surface area contributed by atoms with E-state index in [2.05, 4.69) is 4.98 Å². The van der Waals surface area contributed by atoms with Gasteiger partial charge in [0.2, 0.25) is 0 Å². The predicted octanol–water partition coefficient (Wildman–Crippen LogP) is 2.03. The van der Waals surface area contributed by atoms with Crippen LogP contribution in [0, 0.1) is 0 Å². The lowest BCUT2D eigenvalue weighted by Gasteiger charge is -2.14. The molecule has 0 spiro atoms. The Hall–Kier alpha value is -1.35. The van der Waals surface area contributed by atoms with E-state index >= 15 is 0 Å². The van der Waals surface area contributed by atoms with E-state index in [1.54, 1.807) is 29.2 Å². The molecule has 1 amide bonds. The van der Waals surface area contributed by atoms with E-state index < -0.39 is 0 Å². The molecule has 72 valence electrons. The Morgan fingerprint density at radius 1 is 1.50 bits per heavy atom. The van der Waals surface area contributed by atoms with Gasteiger partial charge in [0.05, 0.1) is 0 Å². The first kappa shape index (κ1) is 9.21. The van der Waals surface area contributed by atoms with Gasteiger partial charge in [-0.25, -0.2) is 4.98 Å². The van der Waals surface area contributed by atoms with Gasteiger partial charge < -0.3 is 0 Å². The Bertz CT molecular complexity index is 414. The van der Waals surface area contributed by atoms with Gasteiger partial charge in [0.15, 0.2) is 0 Å². The molecule has 0 aromatic carbocycles. The number of hydrogen-bond acceptors (Lipinski definition) is 2. The molecule has 14 heavy (non-hydrogen) atoms. The molecule has 2 heterocycles. The summed E-state index contributed by atoms with van der Waals surface area (Å²) in [4.78, 5) is 17.1. The molecule has 1 aromatic heterocycles. The summed E-state index contributed by atoms with van der Waals surface area (Å²) in [5.74, 6) is 0.577. The molecule has 0 aliphatic carbocycles. The van der Waals surface area contributed by atoms with Crippen LogP contribution in [0.4, 0.5) is 5.82 Å². The van der Waals surface area contributed by atoms with Crippen molar-refractivity contribution in [3.8, 4) is 0 Å². The molecular formula is C10H9ClN2O. The topological polar surface area (TPSA) is 33.2 Å². The summed E-state index contributed by atoms with van der Waals surface area (Å²) in [6, 6.07) is 5.24. The standard InChI is InChI=1S/C10H9ClN2O/c1-7-5-10(14)13(6-7)9-4-2-3-8(11)12-9/h2-5H,6H2,1H3. The maximum atomic E-state index is 11.5. The van der Waals surface area contributed by atoms with E-state index in [1.807, 2.05) is 6.92 Å². The van der Waals surface area contributed by atoms with Crippen LogP contribution < -0.4 is 4.90 Å². The van der Waals surface area contributed by atoms with E-state index in [0.29, 0.717) is 17.5 Å². The number of amides is 1. The fourth-order valence-electron chi connectivity index (χ4n) is 1.40. The second kappa shape index (κ2) is 3.42. The zero-order valence-electron chi connectivity index (χ0n) is 7.70. The normalized spacial score (nSPS) is 16.0. The van der Waals surface area contributed by atoms with E-state index in [1.165, 1.54) is 0 Å². The predicted molar refractivity (Wildman–Crippen MR) is 55.4 cm³/mol. The summed E-state index contributed by atoms with van der Waals surface area (Å²) < 4.78 is 0. The Morgan fingerprint density at radius 2 is 2.29 bits per heavy atom. The van der Waals surface area contributed by atoms with Crippen LogP contribution in [-0.2, 0) is 4.79 Å². The first-order chi connectivity index (χ1) is 6.66. The third-order valence-corrected chi connectivity index (χ3v) is 2.23. The lowest BCUT2D eigenvalue weighted by molar-refractivity contribution is -0.113. The number of anilines is 1. The fourth-order valence-corrected chi connectivity index (χ4v) is 1.56. The zero-order chi connectivity index (χ0) is 10.1. The van der Waals surface area contributed by atoms with E-state index in [9.17, 15) is 4.79 Å². The zero-order valence-corrected chi connectivity index (χ0v) is 8.45. The summed E-state index contributed by atoms with van der Waals surface area (Å²) in [5.41, 5.74) is 1.04. The molecular weight excluding hydrogens is 200 g/mol. The lowest BCUT2D eigenvalue weighted by atomic mass is 10.3.